The predicted octanol–water partition coefficient (Wildman–Crippen LogP) is 1.62. The van der Waals surface area contributed by atoms with E-state index in [1.165, 1.54) is 11.1 Å². The van der Waals surface area contributed by atoms with Gasteiger partial charge in [-0.3, -0.25) is 4.57 Å². The zero-order valence-electron chi connectivity index (χ0n) is 10.8. The van der Waals surface area contributed by atoms with E-state index < -0.39 is 0 Å². The molecule has 0 aliphatic rings. The summed E-state index contributed by atoms with van der Waals surface area (Å²) in [5, 5.41) is 7.37. The molecule has 3 rings (SSSR count). The summed E-state index contributed by atoms with van der Waals surface area (Å²) in [4.78, 5) is 16.4. The van der Waals surface area contributed by atoms with Gasteiger partial charge in [-0.25, -0.2) is 4.98 Å². The number of nitrogens with one attached hydrogen (secondary N) is 1. The van der Waals surface area contributed by atoms with Crippen molar-refractivity contribution in [3.8, 4) is 5.95 Å². The van der Waals surface area contributed by atoms with Crippen LogP contribution in [0.2, 0.25) is 0 Å². The lowest BCUT2D eigenvalue weighted by atomic mass is 10.2. The molecule has 3 heterocycles. The van der Waals surface area contributed by atoms with E-state index in [1.807, 2.05) is 0 Å². The minimum atomic E-state index is 0.174. The summed E-state index contributed by atoms with van der Waals surface area (Å²) >= 11 is 1.68. The molecule has 0 amide bonds. The largest absolute Gasteiger partial charge is 0.368 e. The Hall–Kier alpha value is -2.48. The Morgan fingerprint density at radius 1 is 1.30 bits per heavy atom. The Labute approximate surface area is 119 Å². The van der Waals surface area contributed by atoms with Crippen molar-refractivity contribution < 1.29 is 0 Å². The van der Waals surface area contributed by atoms with Crippen molar-refractivity contribution in [1.82, 2.24) is 24.5 Å². The highest BCUT2D eigenvalue weighted by atomic mass is 32.1. The van der Waals surface area contributed by atoms with Crippen molar-refractivity contribution in [2.24, 2.45) is 0 Å². The van der Waals surface area contributed by atoms with Gasteiger partial charge in [0.15, 0.2) is 0 Å². The van der Waals surface area contributed by atoms with Crippen LogP contribution in [0.3, 0.4) is 0 Å². The number of nitrogen functional groups attached to an aromatic ring is 1. The summed E-state index contributed by atoms with van der Waals surface area (Å²) in [5.41, 5.74) is 8.18. The fourth-order valence-corrected chi connectivity index (χ4v) is 2.55. The van der Waals surface area contributed by atoms with E-state index in [9.17, 15) is 0 Å². The van der Waals surface area contributed by atoms with Crippen LogP contribution in [0.5, 0.6) is 0 Å². The summed E-state index contributed by atoms with van der Waals surface area (Å²) in [6.07, 6.45) is 5.02. The van der Waals surface area contributed by atoms with Gasteiger partial charge < -0.3 is 11.1 Å². The first kappa shape index (κ1) is 12.5. The normalized spacial score (nSPS) is 10.7. The van der Waals surface area contributed by atoms with Crippen LogP contribution in [-0.2, 0) is 6.54 Å². The molecule has 0 saturated carbocycles. The standard InChI is InChI=1S/C12H13N7S/c1-8-5-20-6-9(8)4-15-11-16-10(13)17-12(18-11)19-3-2-14-7-19/h2-3,5-7H,4H2,1H3,(H3,13,15,16,17,18). The summed E-state index contributed by atoms with van der Waals surface area (Å²) in [7, 11) is 0. The van der Waals surface area contributed by atoms with Crippen LogP contribution in [0, 0.1) is 6.92 Å². The van der Waals surface area contributed by atoms with Gasteiger partial charge >= 0.3 is 0 Å². The molecular formula is C12H13N7S. The van der Waals surface area contributed by atoms with Crippen molar-refractivity contribution in [2.45, 2.75) is 13.5 Å². The maximum atomic E-state index is 5.71. The van der Waals surface area contributed by atoms with Gasteiger partial charge in [0, 0.05) is 18.9 Å². The lowest BCUT2D eigenvalue weighted by Crippen LogP contribution is -2.10. The van der Waals surface area contributed by atoms with E-state index in [4.69, 9.17) is 5.73 Å². The second kappa shape index (κ2) is 5.25. The van der Waals surface area contributed by atoms with Crippen LogP contribution in [0.4, 0.5) is 11.9 Å². The summed E-state index contributed by atoms with van der Waals surface area (Å²) in [6.45, 7) is 2.73. The van der Waals surface area contributed by atoms with Gasteiger partial charge in [0.2, 0.25) is 17.8 Å². The molecule has 0 radical (unpaired) electrons. The summed E-state index contributed by atoms with van der Waals surface area (Å²) in [5.74, 6) is 1.07. The van der Waals surface area contributed by atoms with Crippen LogP contribution in [-0.4, -0.2) is 24.5 Å². The van der Waals surface area contributed by atoms with Gasteiger partial charge in [0.25, 0.3) is 0 Å². The van der Waals surface area contributed by atoms with E-state index in [1.54, 1.807) is 34.6 Å². The number of nitrogens with two attached hydrogens (primary N) is 1. The molecule has 0 atom stereocenters. The van der Waals surface area contributed by atoms with Crippen LogP contribution in [0.25, 0.3) is 5.95 Å². The average Bonchev–Trinajstić information content (AvgIpc) is 3.07. The van der Waals surface area contributed by atoms with Crippen molar-refractivity contribution in [3.05, 3.63) is 40.6 Å². The molecule has 0 aromatic carbocycles. The molecule has 3 aromatic heterocycles. The molecule has 0 aliphatic heterocycles. The molecule has 3 N–H and O–H groups in total. The van der Waals surface area contributed by atoms with Gasteiger partial charge in [-0.2, -0.15) is 26.3 Å². The molecule has 0 spiro atoms. The van der Waals surface area contributed by atoms with Gasteiger partial charge in [0.1, 0.15) is 6.33 Å². The second-order valence-corrected chi connectivity index (χ2v) is 4.96. The van der Waals surface area contributed by atoms with Crippen molar-refractivity contribution in [1.29, 1.82) is 0 Å². The van der Waals surface area contributed by atoms with Crippen LogP contribution in [0.15, 0.2) is 29.5 Å². The number of aryl methyl sites for hydroxylation is 1. The van der Waals surface area contributed by atoms with Crippen molar-refractivity contribution in [2.75, 3.05) is 11.1 Å². The minimum absolute atomic E-state index is 0.174. The zero-order valence-corrected chi connectivity index (χ0v) is 11.6. The maximum Gasteiger partial charge on any atom is 0.241 e. The third kappa shape index (κ3) is 2.59. The van der Waals surface area contributed by atoms with E-state index in [0.717, 1.165) is 0 Å². The third-order valence-corrected chi connectivity index (χ3v) is 3.69. The highest BCUT2D eigenvalue weighted by Gasteiger charge is 2.06. The first-order valence-corrected chi connectivity index (χ1v) is 6.92. The van der Waals surface area contributed by atoms with Crippen molar-refractivity contribution >= 4 is 23.2 Å². The van der Waals surface area contributed by atoms with Crippen molar-refractivity contribution in [3.63, 3.8) is 0 Å². The highest BCUT2D eigenvalue weighted by Crippen LogP contribution is 2.15. The van der Waals surface area contributed by atoms with E-state index in [-0.39, 0.29) is 5.95 Å². The number of hydrogen-bond donors (Lipinski definition) is 2. The molecular weight excluding hydrogens is 274 g/mol. The van der Waals surface area contributed by atoms with Gasteiger partial charge in [-0.05, 0) is 28.8 Å². The first-order chi connectivity index (χ1) is 9.72. The van der Waals surface area contributed by atoms with E-state index >= 15 is 0 Å². The highest BCUT2D eigenvalue weighted by molar-refractivity contribution is 7.08. The number of thiophene rings is 1. The Morgan fingerprint density at radius 2 is 2.20 bits per heavy atom. The summed E-state index contributed by atoms with van der Waals surface area (Å²) < 4.78 is 1.68. The third-order valence-electron chi connectivity index (χ3n) is 2.77. The molecule has 0 unspecified atom stereocenters. The van der Waals surface area contributed by atoms with Crippen LogP contribution < -0.4 is 11.1 Å². The first-order valence-electron chi connectivity index (χ1n) is 5.98. The quantitative estimate of drug-likeness (QED) is 0.757. The van der Waals surface area contributed by atoms with E-state index in [0.29, 0.717) is 18.4 Å². The predicted molar refractivity (Wildman–Crippen MR) is 77.7 cm³/mol. The molecule has 0 saturated heterocycles. The Bertz CT molecular complexity index is 704. The Morgan fingerprint density at radius 3 is 2.90 bits per heavy atom. The van der Waals surface area contributed by atoms with Gasteiger partial charge in [0.05, 0.1) is 0 Å². The zero-order chi connectivity index (χ0) is 13.9. The molecule has 0 fully saturated rings. The average molecular weight is 287 g/mol. The fourth-order valence-electron chi connectivity index (χ4n) is 1.69. The molecule has 20 heavy (non-hydrogen) atoms. The number of imidazole rings is 1. The monoisotopic (exact) mass is 287 g/mol. The molecule has 7 nitrogen and oxygen atoms in total. The number of rotatable bonds is 4. The molecule has 102 valence electrons. The van der Waals surface area contributed by atoms with Crippen LogP contribution >= 0.6 is 11.3 Å². The minimum Gasteiger partial charge on any atom is -0.368 e. The number of hydrogen-bond acceptors (Lipinski definition) is 7. The van der Waals surface area contributed by atoms with Crippen LogP contribution in [0.1, 0.15) is 11.1 Å². The topological polar surface area (TPSA) is 94.5 Å². The van der Waals surface area contributed by atoms with Gasteiger partial charge in [-0.1, -0.05) is 0 Å². The lowest BCUT2D eigenvalue weighted by molar-refractivity contribution is 0.895. The molecule has 0 bridgehead atoms. The second-order valence-electron chi connectivity index (χ2n) is 4.22. The van der Waals surface area contributed by atoms with Gasteiger partial charge in [-0.15, -0.1) is 0 Å². The number of aromatic nitrogens is 5. The fraction of sp³-hybridized carbons (Fsp3) is 0.167. The van der Waals surface area contributed by atoms with E-state index in [2.05, 4.69) is 42.9 Å². The Balaban J connectivity index is 1.81. The SMILES string of the molecule is Cc1cscc1CNc1nc(N)nc(-n2ccnc2)n1. The Kier molecular flexibility index (Phi) is 3.30. The maximum absolute atomic E-state index is 5.71. The molecule has 8 heteroatoms. The smallest absolute Gasteiger partial charge is 0.241 e. The summed E-state index contributed by atoms with van der Waals surface area (Å²) in [6, 6.07) is 0. The molecule has 3 aromatic rings. The number of nitrogens with zero attached hydrogens (tertiary/aromatic N) is 5. The molecule has 0 aliphatic carbocycles. The lowest BCUT2D eigenvalue weighted by Gasteiger charge is -2.07. The number of anilines is 2.